The van der Waals surface area contributed by atoms with Crippen LogP contribution in [0.5, 0.6) is 0 Å². The van der Waals surface area contributed by atoms with Crippen molar-refractivity contribution in [3.63, 3.8) is 0 Å². The van der Waals surface area contributed by atoms with Crippen LogP contribution in [0, 0.1) is 0 Å². The lowest BCUT2D eigenvalue weighted by molar-refractivity contribution is 0.0857. The van der Waals surface area contributed by atoms with Crippen molar-refractivity contribution in [2.45, 2.75) is 25.4 Å². The summed E-state index contributed by atoms with van der Waals surface area (Å²) in [5.41, 5.74) is 7.28. The fourth-order valence-corrected chi connectivity index (χ4v) is 2.22. The molecule has 0 radical (unpaired) electrons. The molecule has 0 bridgehead atoms. The molecule has 1 saturated heterocycles. The van der Waals surface area contributed by atoms with E-state index in [9.17, 15) is 4.79 Å². The predicted molar refractivity (Wildman–Crippen MR) is 70.5 cm³/mol. The van der Waals surface area contributed by atoms with Crippen molar-refractivity contribution < 1.29 is 9.53 Å². The van der Waals surface area contributed by atoms with Gasteiger partial charge in [-0.05, 0) is 37.4 Å². The van der Waals surface area contributed by atoms with Crippen molar-refractivity contribution in [3.8, 4) is 0 Å². The molecule has 0 aromatic heterocycles. The van der Waals surface area contributed by atoms with Gasteiger partial charge in [-0.15, -0.1) is 0 Å². The van der Waals surface area contributed by atoms with Gasteiger partial charge in [-0.3, -0.25) is 4.79 Å². The minimum absolute atomic E-state index is 0.0328. The molecule has 1 aromatic carbocycles. The van der Waals surface area contributed by atoms with Crippen molar-refractivity contribution >= 4 is 5.91 Å². The molecule has 4 heteroatoms. The molecule has 0 aliphatic carbocycles. The second kappa shape index (κ2) is 6.52. The Morgan fingerprint density at radius 1 is 1.44 bits per heavy atom. The Morgan fingerprint density at radius 2 is 2.28 bits per heavy atom. The van der Waals surface area contributed by atoms with E-state index in [-0.39, 0.29) is 12.0 Å². The third-order valence-electron chi connectivity index (χ3n) is 3.19. The van der Waals surface area contributed by atoms with Crippen LogP contribution in [0.4, 0.5) is 0 Å². The van der Waals surface area contributed by atoms with Gasteiger partial charge in [0, 0.05) is 18.7 Å². The smallest absolute Gasteiger partial charge is 0.251 e. The van der Waals surface area contributed by atoms with E-state index >= 15 is 0 Å². The topological polar surface area (TPSA) is 64.4 Å². The van der Waals surface area contributed by atoms with Gasteiger partial charge >= 0.3 is 0 Å². The minimum atomic E-state index is -0.0328. The second-order valence-corrected chi connectivity index (χ2v) is 4.54. The van der Waals surface area contributed by atoms with Crippen LogP contribution in [0.15, 0.2) is 24.3 Å². The molecule has 1 heterocycles. The molecule has 1 fully saturated rings. The maximum absolute atomic E-state index is 12.1. The van der Waals surface area contributed by atoms with E-state index in [4.69, 9.17) is 10.5 Å². The van der Waals surface area contributed by atoms with Gasteiger partial charge in [-0.1, -0.05) is 18.2 Å². The van der Waals surface area contributed by atoms with E-state index in [2.05, 4.69) is 5.32 Å². The molecular formula is C14H20N2O2. The Balaban J connectivity index is 1.94. The SMILES string of the molecule is NCCc1ccccc1C(=O)NCC1CCCO1. The van der Waals surface area contributed by atoms with Crippen molar-refractivity contribution in [3.05, 3.63) is 35.4 Å². The molecule has 4 nitrogen and oxygen atoms in total. The average molecular weight is 248 g/mol. The summed E-state index contributed by atoms with van der Waals surface area (Å²) in [6.45, 7) is 1.95. The second-order valence-electron chi connectivity index (χ2n) is 4.54. The summed E-state index contributed by atoms with van der Waals surface area (Å²) in [4.78, 5) is 12.1. The van der Waals surface area contributed by atoms with Gasteiger partial charge in [0.2, 0.25) is 0 Å². The summed E-state index contributed by atoms with van der Waals surface area (Å²) in [7, 11) is 0. The van der Waals surface area contributed by atoms with Gasteiger partial charge in [0.05, 0.1) is 6.10 Å². The molecule has 18 heavy (non-hydrogen) atoms. The zero-order valence-electron chi connectivity index (χ0n) is 10.5. The zero-order chi connectivity index (χ0) is 12.8. The number of hydrogen-bond acceptors (Lipinski definition) is 3. The molecular weight excluding hydrogens is 228 g/mol. The zero-order valence-corrected chi connectivity index (χ0v) is 10.5. The summed E-state index contributed by atoms with van der Waals surface area (Å²) in [6, 6.07) is 7.60. The lowest BCUT2D eigenvalue weighted by atomic mass is 10.0. The van der Waals surface area contributed by atoms with Crippen molar-refractivity contribution in [1.82, 2.24) is 5.32 Å². The normalized spacial score (nSPS) is 18.8. The van der Waals surface area contributed by atoms with E-state index in [1.165, 1.54) is 0 Å². The van der Waals surface area contributed by atoms with Crippen molar-refractivity contribution in [2.24, 2.45) is 5.73 Å². The number of carbonyl (C=O) groups excluding carboxylic acids is 1. The maximum atomic E-state index is 12.1. The number of carbonyl (C=O) groups is 1. The van der Waals surface area contributed by atoms with Gasteiger partial charge in [-0.25, -0.2) is 0 Å². The number of nitrogens with two attached hydrogens (primary N) is 1. The van der Waals surface area contributed by atoms with Crippen molar-refractivity contribution in [1.29, 1.82) is 0 Å². The number of nitrogens with one attached hydrogen (secondary N) is 1. The molecule has 1 amide bonds. The van der Waals surface area contributed by atoms with Crippen molar-refractivity contribution in [2.75, 3.05) is 19.7 Å². The van der Waals surface area contributed by atoms with Crippen LogP contribution in [0.3, 0.4) is 0 Å². The number of ether oxygens (including phenoxy) is 1. The number of amides is 1. The highest BCUT2D eigenvalue weighted by Crippen LogP contribution is 2.12. The minimum Gasteiger partial charge on any atom is -0.376 e. The molecule has 1 aliphatic rings. The highest BCUT2D eigenvalue weighted by molar-refractivity contribution is 5.95. The number of rotatable bonds is 5. The third kappa shape index (κ3) is 3.31. The van der Waals surface area contributed by atoms with Gasteiger partial charge in [0.25, 0.3) is 5.91 Å². The van der Waals surface area contributed by atoms with Crippen LogP contribution < -0.4 is 11.1 Å². The summed E-state index contributed by atoms with van der Waals surface area (Å²) in [5, 5.41) is 2.93. The number of hydrogen-bond donors (Lipinski definition) is 2. The Hall–Kier alpha value is -1.39. The Morgan fingerprint density at radius 3 is 3.00 bits per heavy atom. The fourth-order valence-electron chi connectivity index (χ4n) is 2.22. The lowest BCUT2D eigenvalue weighted by Gasteiger charge is -2.12. The third-order valence-corrected chi connectivity index (χ3v) is 3.19. The average Bonchev–Trinajstić information content (AvgIpc) is 2.90. The largest absolute Gasteiger partial charge is 0.376 e. The molecule has 3 N–H and O–H groups in total. The Labute approximate surface area is 108 Å². The fraction of sp³-hybridized carbons (Fsp3) is 0.500. The van der Waals surface area contributed by atoms with Gasteiger partial charge in [-0.2, -0.15) is 0 Å². The number of benzene rings is 1. The first kappa shape index (κ1) is 13.1. The van der Waals surface area contributed by atoms with E-state index in [1.807, 2.05) is 24.3 Å². The van der Waals surface area contributed by atoms with Gasteiger partial charge in [0.15, 0.2) is 0 Å². The maximum Gasteiger partial charge on any atom is 0.251 e. The van der Waals surface area contributed by atoms with Crippen LogP contribution in [0.1, 0.15) is 28.8 Å². The van der Waals surface area contributed by atoms with E-state index < -0.39 is 0 Å². The van der Waals surface area contributed by atoms with Crippen LogP contribution in [0.25, 0.3) is 0 Å². The molecule has 0 spiro atoms. The standard InChI is InChI=1S/C14H20N2O2/c15-8-7-11-4-1-2-6-13(11)14(17)16-10-12-5-3-9-18-12/h1-2,4,6,12H,3,5,7-10,15H2,(H,16,17). The molecule has 2 rings (SSSR count). The lowest BCUT2D eigenvalue weighted by Crippen LogP contribution is -2.32. The Kier molecular flexibility index (Phi) is 4.73. The van der Waals surface area contributed by atoms with Gasteiger partial charge in [0.1, 0.15) is 0 Å². The summed E-state index contributed by atoms with van der Waals surface area (Å²) in [6.07, 6.45) is 3.02. The highest BCUT2D eigenvalue weighted by atomic mass is 16.5. The molecule has 0 saturated carbocycles. The monoisotopic (exact) mass is 248 g/mol. The first-order valence-corrected chi connectivity index (χ1v) is 6.49. The molecule has 1 aliphatic heterocycles. The van der Waals surface area contributed by atoms with E-state index in [0.717, 1.165) is 37.0 Å². The Bertz CT molecular complexity index is 401. The van der Waals surface area contributed by atoms with Gasteiger partial charge < -0.3 is 15.8 Å². The summed E-state index contributed by atoms with van der Waals surface area (Å²) >= 11 is 0. The summed E-state index contributed by atoms with van der Waals surface area (Å²) in [5.74, 6) is -0.0328. The van der Waals surface area contributed by atoms with E-state index in [1.54, 1.807) is 0 Å². The van der Waals surface area contributed by atoms with Crippen LogP contribution in [0.2, 0.25) is 0 Å². The van der Waals surface area contributed by atoms with E-state index in [0.29, 0.717) is 13.1 Å². The first-order valence-electron chi connectivity index (χ1n) is 6.49. The quantitative estimate of drug-likeness (QED) is 0.820. The molecule has 1 unspecified atom stereocenters. The highest BCUT2D eigenvalue weighted by Gasteiger charge is 2.17. The van der Waals surface area contributed by atoms with Crippen LogP contribution >= 0.6 is 0 Å². The first-order chi connectivity index (χ1) is 8.81. The summed E-state index contributed by atoms with van der Waals surface area (Å²) < 4.78 is 5.48. The molecule has 1 aromatic rings. The molecule has 1 atom stereocenters. The predicted octanol–water partition coefficient (Wildman–Crippen LogP) is 1.10. The van der Waals surface area contributed by atoms with Crippen LogP contribution in [-0.2, 0) is 11.2 Å². The molecule has 98 valence electrons. The van der Waals surface area contributed by atoms with Crippen LogP contribution in [-0.4, -0.2) is 31.7 Å².